The Morgan fingerprint density at radius 2 is 2.29 bits per heavy atom. The molecule has 4 nitrogen and oxygen atoms in total. The summed E-state index contributed by atoms with van der Waals surface area (Å²) in [5.74, 6) is 0.488. The van der Waals surface area contributed by atoms with Crippen LogP contribution >= 0.6 is 11.6 Å². The van der Waals surface area contributed by atoms with Crippen LogP contribution in [0.2, 0.25) is 5.02 Å². The highest BCUT2D eigenvalue weighted by Crippen LogP contribution is 2.22. The molecule has 0 heterocycles. The molecule has 2 N–H and O–H groups in total. The number of carbonyl (C=O) groups excluding carboxylic acids is 1. The Morgan fingerprint density at radius 1 is 1.59 bits per heavy atom. The van der Waals surface area contributed by atoms with Crippen LogP contribution in [0.1, 0.15) is 12.5 Å². The predicted molar refractivity (Wildman–Crippen MR) is 66.4 cm³/mol. The van der Waals surface area contributed by atoms with E-state index in [4.69, 9.17) is 21.4 Å². The topological polar surface area (TPSA) is 58.6 Å². The maximum absolute atomic E-state index is 11.6. The number of halogens is 1. The van der Waals surface area contributed by atoms with Gasteiger partial charge >= 0.3 is 0 Å². The van der Waals surface area contributed by atoms with Crippen LogP contribution in [-0.2, 0) is 11.2 Å². The molecule has 17 heavy (non-hydrogen) atoms. The summed E-state index contributed by atoms with van der Waals surface area (Å²) in [4.78, 5) is 11.6. The Balaban J connectivity index is 2.65. The van der Waals surface area contributed by atoms with Gasteiger partial charge < -0.3 is 15.2 Å². The second-order valence-corrected chi connectivity index (χ2v) is 4.19. The number of methoxy groups -OCH3 is 1. The zero-order chi connectivity index (χ0) is 12.8. The summed E-state index contributed by atoms with van der Waals surface area (Å²) in [6.07, 6.45) is 0.188. The van der Waals surface area contributed by atoms with E-state index in [9.17, 15) is 4.79 Å². The molecule has 0 saturated heterocycles. The van der Waals surface area contributed by atoms with E-state index in [0.717, 1.165) is 5.56 Å². The van der Waals surface area contributed by atoms with Gasteiger partial charge in [-0.1, -0.05) is 17.7 Å². The summed E-state index contributed by atoms with van der Waals surface area (Å²) < 4.78 is 5.02. The Kier molecular flexibility index (Phi) is 5.25. The number of hydrogen-bond donors (Lipinski definition) is 2. The van der Waals surface area contributed by atoms with Crippen molar-refractivity contribution >= 4 is 17.5 Å². The monoisotopic (exact) mass is 257 g/mol. The van der Waals surface area contributed by atoms with Crippen LogP contribution < -0.4 is 10.1 Å². The van der Waals surface area contributed by atoms with Crippen LogP contribution in [0.3, 0.4) is 0 Å². The minimum atomic E-state index is -0.250. The van der Waals surface area contributed by atoms with Crippen molar-refractivity contribution < 1.29 is 14.6 Å². The fraction of sp³-hybridized carbons (Fsp3) is 0.417. The molecule has 5 heteroatoms. The molecule has 1 aromatic rings. The summed E-state index contributed by atoms with van der Waals surface area (Å²) in [5.41, 5.74) is 0.732. The van der Waals surface area contributed by atoms with Crippen LogP contribution in [0.4, 0.5) is 0 Å². The second kappa shape index (κ2) is 6.47. The molecule has 0 saturated carbocycles. The van der Waals surface area contributed by atoms with Crippen molar-refractivity contribution in [2.45, 2.75) is 19.4 Å². The second-order valence-electron chi connectivity index (χ2n) is 3.79. The third-order valence-electron chi connectivity index (χ3n) is 2.29. The zero-order valence-electron chi connectivity index (χ0n) is 9.87. The van der Waals surface area contributed by atoms with Gasteiger partial charge in [0.15, 0.2) is 0 Å². The molecule has 1 unspecified atom stereocenters. The minimum Gasteiger partial charge on any atom is -0.497 e. The Labute approximate surface area is 106 Å². The van der Waals surface area contributed by atoms with Crippen molar-refractivity contribution in [3.8, 4) is 5.75 Å². The van der Waals surface area contributed by atoms with Crippen LogP contribution in [0.5, 0.6) is 5.75 Å². The number of ether oxygens (including phenoxy) is 1. The number of aliphatic hydroxyl groups excluding tert-OH is 1. The average molecular weight is 258 g/mol. The summed E-state index contributed by atoms with van der Waals surface area (Å²) >= 11 is 6.01. The lowest BCUT2D eigenvalue weighted by Gasteiger charge is -2.11. The van der Waals surface area contributed by atoms with Gasteiger partial charge in [0.25, 0.3) is 0 Å². The van der Waals surface area contributed by atoms with Gasteiger partial charge in [-0.3, -0.25) is 4.79 Å². The van der Waals surface area contributed by atoms with Crippen LogP contribution in [-0.4, -0.2) is 30.8 Å². The van der Waals surface area contributed by atoms with Crippen molar-refractivity contribution in [2.24, 2.45) is 0 Å². The molecule has 0 aliphatic carbocycles. The van der Waals surface area contributed by atoms with Crippen LogP contribution in [0.15, 0.2) is 18.2 Å². The van der Waals surface area contributed by atoms with Crippen molar-refractivity contribution in [3.05, 3.63) is 28.8 Å². The maximum atomic E-state index is 11.6. The molecule has 0 aromatic heterocycles. The Hall–Kier alpha value is -1.26. The molecule has 0 fully saturated rings. The van der Waals surface area contributed by atoms with E-state index < -0.39 is 0 Å². The third kappa shape index (κ3) is 4.24. The Bertz CT molecular complexity index is 395. The predicted octanol–water partition coefficient (Wildman–Crippen LogP) is 1.39. The van der Waals surface area contributed by atoms with Crippen LogP contribution in [0.25, 0.3) is 0 Å². The molecule has 1 amide bonds. The number of amides is 1. The van der Waals surface area contributed by atoms with Gasteiger partial charge in [0, 0.05) is 11.1 Å². The van der Waals surface area contributed by atoms with E-state index >= 15 is 0 Å². The highest BCUT2D eigenvalue weighted by molar-refractivity contribution is 6.31. The first kappa shape index (κ1) is 13.8. The summed E-state index contributed by atoms with van der Waals surface area (Å²) in [5, 5.41) is 12.0. The zero-order valence-corrected chi connectivity index (χ0v) is 10.6. The normalized spacial score (nSPS) is 12.0. The average Bonchev–Trinajstić information content (AvgIpc) is 2.31. The van der Waals surface area contributed by atoms with Gasteiger partial charge in [-0.25, -0.2) is 0 Å². The lowest BCUT2D eigenvalue weighted by atomic mass is 10.1. The van der Waals surface area contributed by atoms with Gasteiger partial charge in [0.1, 0.15) is 5.75 Å². The molecule has 1 aromatic carbocycles. The number of benzene rings is 1. The van der Waals surface area contributed by atoms with Crippen molar-refractivity contribution in [1.82, 2.24) is 5.32 Å². The highest BCUT2D eigenvalue weighted by Gasteiger charge is 2.10. The van der Waals surface area contributed by atoms with Crippen molar-refractivity contribution in [1.29, 1.82) is 0 Å². The molecular formula is C12H16ClNO3. The van der Waals surface area contributed by atoms with E-state index in [1.54, 1.807) is 32.2 Å². The summed E-state index contributed by atoms with van der Waals surface area (Å²) in [6.45, 7) is 1.65. The third-order valence-corrected chi connectivity index (χ3v) is 2.64. The molecular weight excluding hydrogens is 242 g/mol. The van der Waals surface area contributed by atoms with E-state index in [2.05, 4.69) is 5.32 Å². The van der Waals surface area contributed by atoms with Crippen LogP contribution in [0, 0.1) is 0 Å². The Morgan fingerprint density at radius 3 is 2.82 bits per heavy atom. The van der Waals surface area contributed by atoms with Gasteiger partial charge in [-0.2, -0.15) is 0 Å². The molecule has 0 bridgehead atoms. The van der Waals surface area contributed by atoms with E-state index in [1.165, 1.54) is 0 Å². The lowest BCUT2D eigenvalue weighted by molar-refractivity contribution is -0.121. The molecule has 94 valence electrons. The SMILES string of the molecule is COc1ccc(CC(=O)NC(C)CO)c(Cl)c1. The number of hydrogen-bond acceptors (Lipinski definition) is 3. The summed E-state index contributed by atoms with van der Waals surface area (Å²) in [7, 11) is 1.56. The van der Waals surface area contributed by atoms with Gasteiger partial charge in [-0.15, -0.1) is 0 Å². The lowest BCUT2D eigenvalue weighted by Crippen LogP contribution is -2.36. The van der Waals surface area contributed by atoms with Gasteiger partial charge in [0.05, 0.1) is 20.1 Å². The first-order valence-electron chi connectivity index (χ1n) is 5.29. The summed E-state index contributed by atoms with van der Waals surface area (Å²) in [6, 6.07) is 4.92. The minimum absolute atomic E-state index is 0.0813. The van der Waals surface area contributed by atoms with Crippen molar-refractivity contribution in [3.63, 3.8) is 0 Å². The van der Waals surface area contributed by atoms with E-state index in [0.29, 0.717) is 10.8 Å². The first-order valence-corrected chi connectivity index (χ1v) is 5.67. The van der Waals surface area contributed by atoms with E-state index in [1.807, 2.05) is 0 Å². The number of rotatable bonds is 5. The molecule has 0 aliphatic heterocycles. The molecule has 0 radical (unpaired) electrons. The molecule has 0 aliphatic rings. The smallest absolute Gasteiger partial charge is 0.224 e. The van der Waals surface area contributed by atoms with E-state index in [-0.39, 0.29) is 25.0 Å². The quantitative estimate of drug-likeness (QED) is 0.838. The largest absolute Gasteiger partial charge is 0.497 e. The maximum Gasteiger partial charge on any atom is 0.224 e. The molecule has 1 atom stereocenters. The standard InChI is InChI=1S/C12H16ClNO3/c1-8(7-15)14-12(16)5-9-3-4-10(17-2)6-11(9)13/h3-4,6,8,15H,5,7H2,1-2H3,(H,14,16). The van der Waals surface area contributed by atoms with Gasteiger partial charge in [-0.05, 0) is 24.6 Å². The number of aliphatic hydroxyl groups is 1. The fourth-order valence-electron chi connectivity index (χ4n) is 1.34. The number of carbonyl (C=O) groups is 1. The van der Waals surface area contributed by atoms with Gasteiger partial charge in [0.2, 0.25) is 5.91 Å². The highest BCUT2D eigenvalue weighted by atomic mass is 35.5. The molecule has 0 spiro atoms. The first-order chi connectivity index (χ1) is 8.06. The number of nitrogens with one attached hydrogen (secondary N) is 1. The fourth-order valence-corrected chi connectivity index (χ4v) is 1.58. The van der Waals surface area contributed by atoms with Crippen molar-refractivity contribution in [2.75, 3.05) is 13.7 Å². The molecule has 1 rings (SSSR count).